The molecule has 0 bridgehead atoms. The van der Waals surface area contributed by atoms with E-state index in [2.05, 4.69) is 9.88 Å². The average Bonchev–Trinajstić information content (AvgIpc) is 3.14. The Morgan fingerprint density at radius 2 is 1.73 bits per heavy atom. The van der Waals surface area contributed by atoms with Crippen molar-refractivity contribution in [3.63, 3.8) is 0 Å². The number of carboxylic acids is 1. The van der Waals surface area contributed by atoms with Gasteiger partial charge in [0.25, 0.3) is 5.91 Å². The standard InChI is InChI=1S/C32H35ClN2O5/c1-18(2)39-26-9-7-8-24(15-26)20(4)34-31(36)25-11-13-29-27(16-25)19(3)21(5)35(29)17-23-10-12-28(33)30(14-23)40-22(6)32(37)38/h7-16,18,20,22H,17H2,1-6H3,(H,34,36)(H,37,38)/t20-,22?/m0/s1. The number of rotatable bonds is 10. The van der Waals surface area contributed by atoms with Crippen LogP contribution in [0.4, 0.5) is 0 Å². The molecular formula is C32H35ClN2O5. The van der Waals surface area contributed by atoms with Crippen LogP contribution in [0.1, 0.15) is 66.5 Å². The summed E-state index contributed by atoms with van der Waals surface area (Å²) >= 11 is 6.26. The molecule has 4 aromatic rings. The molecule has 1 unspecified atom stereocenters. The molecule has 2 N–H and O–H groups in total. The van der Waals surface area contributed by atoms with E-state index in [1.165, 1.54) is 6.92 Å². The second-order valence-electron chi connectivity index (χ2n) is 10.3. The Bertz CT molecular complexity index is 1560. The highest BCUT2D eigenvalue weighted by Gasteiger charge is 2.18. The lowest BCUT2D eigenvalue weighted by Gasteiger charge is -2.17. The van der Waals surface area contributed by atoms with Gasteiger partial charge in [0.05, 0.1) is 17.2 Å². The number of hydrogen-bond acceptors (Lipinski definition) is 4. The summed E-state index contributed by atoms with van der Waals surface area (Å²) in [6.45, 7) is 12.0. The minimum absolute atomic E-state index is 0.0709. The lowest BCUT2D eigenvalue weighted by atomic mass is 10.1. The second kappa shape index (κ2) is 12.0. The number of carbonyl (C=O) groups is 2. The van der Waals surface area contributed by atoms with Crippen LogP contribution in [0, 0.1) is 13.8 Å². The second-order valence-corrected chi connectivity index (χ2v) is 10.7. The smallest absolute Gasteiger partial charge is 0.344 e. The van der Waals surface area contributed by atoms with Crippen molar-refractivity contribution in [3.8, 4) is 11.5 Å². The first-order valence-corrected chi connectivity index (χ1v) is 13.7. The van der Waals surface area contributed by atoms with Gasteiger partial charge in [0.2, 0.25) is 0 Å². The van der Waals surface area contributed by atoms with Gasteiger partial charge in [-0.25, -0.2) is 4.79 Å². The zero-order valence-corrected chi connectivity index (χ0v) is 24.4. The van der Waals surface area contributed by atoms with Gasteiger partial charge in [-0.15, -0.1) is 0 Å². The summed E-state index contributed by atoms with van der Waals surface area (Å²) in [4.78, 5) is 24.5. The molecule has 40 heavy (non-hydrogen) atoms. The molecule has 3 aromatic carbocycles. The van der Waals surface area contributed by atoms with Crippen LogP contribution in [0.15, 0.2) is 60.7 Å². The molecule has 0 saturated carbocycles. The monoisotopic (exact) mass is 562 g/mol. The molecule has 0 aliphatic heterocycles. The number of fused-ring (bicyclic) bond motifs is 1. The largest absolute Gasteiger partial charge is 0.491 e. The van der Waals surface area contributed by atoms with Crippen molar-refractivity contribution < 1.29 is 24.2 Å². The van der Waals surface area contributed by atoms with E-state index in [0.717, 1.165) is 39.0 Å². The van der Waals surface area contributed by atoms with Gasteiger partial charge >= 0.3 is 5.97 Å². The van der Waals surface area contributed by atoms with E-state index in [1.807, 2.05) is 83.1 Å². The van der Waals surface area contributed by atoms with E-state index < -0.39 is 12.1 Å². The zero-order chi connectivity index (χ0) is 29.1. The molecule has 0 aliphatic carbocycles. The maximum absolute atomic E-state index is 13.2. The lowest BCUT2D eigenvalue weighted by molar-refractivity contribution is -0.144. The highest BCUT2D eigenvalue weighted by atomic mass is 35.5. The SMILES string of the molecule is Cc1c(C)n(Cc2ccc(Cl)c(OC(C)C(=O)O)c2)c2ccc(C(=O)N[C@@H](C)c3cccc(OC(C)C)c3)cc12. The van der Waals surface area contributed by atoms with E-state index >= 15 is 0 Å². The van der Waals surface area contributed by atoms with Gasteiger partial charge in [0.15, 0.2) is 6.10 Å². The molecule has 2 atom stereocenters. The first kappa shape index (κ1) is 29.0. The van der Waals surface area contributed by atoms with Gasteiger partial charge < -0.3 is 24.5 Å². The van der Waals surface area contributed by atoms with Crippen molar-refractivity contribution in [1.29, 1.82) is 0 Å². The predicted octanol–water partition coefficient (Wildman–Crippen LogP) is 7.09. The molecular weight excluding hydrogens is 528 g/mol. The number of nitrogens with one attached hydrogen (secondary N) is 1. The van der Waals surface area contributed by atoms with Crippen molar-refractivity contribution in [2.45, 2.75) is 66.3 Å². The Kier molecular flexibility index (Phi) is 8.74. The fourth-order valence-corrected chi connectivity index (χ4v) is 4.81. The fourth-order valence-electron chi connectivity index (χ4n) is 4.65. The summed E-state index contributed by atoms with van der Waals surface area (Å²) < 4.78 is 13.5. The summed E-state index contributed by atoms with van der Waals surface area (Å²) in [6.07, 6.45) is -0.949. The number of carbonyl (C=O) groups excluding carboxylic acids is 1. The fraction of sp³-hybridized carbons (Fsp3) is 0.312. The van der Waals surface area contributed by atoms with Gasteiger partial charge in [-0.3, -0.25) is 4.79 Å². The Morgan fingerprint density at radius 1 is 0.975 bits per heavy atom. The van der Waals surface area contributed by atoms with Crippen LogP contribution in [0.5, 0.6) is 11.5 Å². The Hall–Kier alpha value is -3.97. The quantitative estimate of drug-likeness (QED) is 0.215. The van der Waals surface area contributed by atoms with Gasteiger partial charge in [-0.05, 0) is 101 Å². The van der Waals surface area contributed by atoms with Crippen molar-refractivity contribution in [3.05, 3.63) is 93.6 Å². The van der Waals surface area contributed by atoms with Crippen LogP contribution in [0.2, 0.25) is 5.02 Å². The Labute approximate surface area is 239 Å². The third kappa shape index (κ3) is 6.42. The molecule has 1 amide bonds. The van der Waals surface area contributed by atoms with Crippen LogP contribution in [0.25, 0.3) is 10.9 Å². The number of carboxylic acid groups (broad SMARTS) is 1. The molecule has 1 aromatic heterocycles. The number of aliphatic carboxylic acids is 1. The van der Waals surface area contributed by atoms with Gasteiger partial charge in [0, 0.05) is 28.7 Å². The van der Waals surface area contributed by atoms with Crippen molar-refractivity contribution >= 4 is 34.4 Å². The maximum atomic E-state index is 13.2. The molecule has 1 heterocycles. The molecule has 0 aliphatic rings. The molecule has 0 radical (unpaired) electrons. The highest BCUT2D eigenvalue weighted by Crippen LogP contribution is 2.31. The first-order chi connectivity index (χ1) is 18.9. The molecule has 0 spiro atoms. The number of amides is 1. The topological polar surface area (TPSA) is 89.8 Å². The lowest BCUT2D eigenvalue weighted by Crippen LogP contribution is -2.26. The van der Waals surface area contributed by atoms with Crippen LogP contribution < -0.4 is 14.8 Å². The highest BCUT2D eigenvalue weighted by molar-refractivity contribution is 6.32. The van der Waals surface area contributed by atoms with Crippen molar-refractivity contribution in [2.24, 2.45) is 0 Å². The van der Waals surface area contributed by atoms with E-state index in [-0.39, 0.29) is 18.1 Å². The number of benzene rings is 3. The predicted molar refractivity (Wildman–Crippen MR) is 158 cm³/mol. The maximum Gasteiger partial charge on any atom is 0.344 e. The Morgan fingerprint density at radius 3 is 2.42 bits per heavy atom. The third-order valence-electron chi connectivity index (χ3n) is 6.97. The van der Waals surface area contributed by atoms with Crippen molar-refractivity contribution in [1.82, 2.24) is 9.88 Å². The molecule has 8 heteroatoms. The van der Waals surface area contributed by atoms with E-state index in [0.29, 0.717) is 22.9 Å². The normalized spacial score (nSPS) is 12.8. The number of aromatic nitrogens is 1. The minimum atomic E-state index is -1.06. The first-order valence-electron chi connectivity index (χ1n) is 13.3. The number of aryl methyl sites for hydroxylation is 1. The Balaban J connectivity index is 1.56. The number of nitrogens with zero attached hydrogens (tertiary/aromatic N) is 1. The molecule has 0 saturated heterocycles. The van der Waals surface area contributed by atoms with Crippen LogP contribution in [-0.2, 0) is 11.3 Å². The van der Waals surface area contributed by atoms with Gasteiger partial charge in [-0.1, -0.05) is 29.8 Å². The number of halogens is 1. The summed E-state index contributed by atoms with van der Waals surface area (Å²) in [5.74, 6) is -0.110. The van der Waals surface area contributed by atoms with E-state index in [1.54, 1.807) is 12.1 Å². The number of hydrogen-bond donors (Lipinski definition) is 2. The van der Waals surface area contributed by atoms with E-state index in [9.17, 15) is 14.7 Å². The zero-order valence-electron chi connectivity index (χ0n) is 23.6. The third-order valence-corrected chi connectivity index (χ3v) is 7.28. The summed E-state index contributed by atoms with van der Waals surface area (Å²) in [6, 6.07) is 18.7. The summed E-state index contributed by atoms with van der Waals surface area (Å²) in [5, 5.41) is 13.6. The minimum Gasteiger partial charge on any atom is -0.491 e. The molecule has 0 fully saturated rings. The van der Waals surface area contributed by atoms with Crippen LogP contribution >= 0.6 is 11.6 Å². The van der Waals surface area contributed by atoms with Gasteiger partial charge in [-0.2, -0.15) is 0 Å². The molecule has 210 valence electrons. The molecule has 4 rings (SSSR count). The van der Waals surface area contributed by atoms with Gasteiger partial charge in [0.1, 0.15) is 11.5 Å². The van der Waals surface area contributed by atoms with E-state index in [4.69, 9.17) is 21.1 Å². The summed E-state index contributed by atoms with van der Waals surface area (Å²) in [5.41, 5.74) is 5.61. The van der Waals surface area contributed by atoms with Crippen LogP contribution in [-0.4, -0.2) is 33.8 Å². The average molecular weight is 563 g/mol. The molecule has 7 nitrogen and oxygen atoms in total. The number of ether oxygens (including phenoxy) is 2. The summed E-state index contributed by atoms with van der Waals surface area (Å²) in [7, 11) is 0. The van der Waals surface area contributed by atoms with Crippen LogP contribution in [0.3, 0.4) is 0 Å². The van der Waals surface area contributed by atoms with Crippen molar-refractivity contribution in [2.75, 3.05) is 0 Å².